The van der Waals surface area contributed by atoms with E-state index in [9.17, 15) is 4.79 Å². The molecule has 4 N–H and O–H groups in total. The molecule has 1 aliphatic heterocycles. The molecular formula is C19H31N3O4. The molecule has 1 heterocycles. The third-order valence-corrected chi connectivity index (χ3v) is 4.15. The van der Waals surface area contributed by atoms with E-state index in [0.717, 1.165) is 5.57 Å². The van der Waals surface area contributed by atoms with Crippen LogP contribution in [-0.4, -0.2) is 54.1 Å². The third kappa shape index (κ3) is 5.45. The highest BCUT2D eigenvalue weighted by molar-refractivity contribution is 5.89. The SMILES string of the molecule is C=C/C=C(\C=C)C1CC(C)(C)N(N)/C(=C(\COCCO)C(=O)OCC)N1. The molecule has 1 saturated heterocycles. The summed E-state index contributed by atoms with van der Waals surface area (Å²) in [6.07, 6.45) is 6.02. The maximum Gasteiger partial charge on any atom is 0.340 e. The number of hydrazine groups is 1. The highest BCUT2D eigenvalue weighted by Gasteiger charge is 2.39. The van der Waals surface area contributed by atoms with E-state index in [1.807, 2.05) is 19.9 Å². The van der Waals surface area contributed by atoms with Crippen molar-refractivity contribution in [1.29, 1.82) is 0 Å². The van der Waals surface area contributed by atoms with Gasteiger partial charge in [0.15, 0.2) is 0 Å². The Morgan fingerprint density at radius 3 is 2.73 bits per heavy atom. The minimum Gasteiger partial charge on any atom is -0.462 e. The van der Waals surface area contributed by atoms with E-state index >= 15 is 0 Å². The van der Waals surface area contributed by atoms with Crippen LogP contribution in [0.15, 0.2) is 48.4 Å². The molecule has 0 aromatic carbocycles. The van der Waals surface area contributed by atoms with E-state index in [-0.39, 0.29) is 38.0 Å². The van der Waals surface area contributed by atoms with Gasteiger partial charge in [0, 0.05) is 0 Å². The van der Waals surface area contributed by atoms with Gasteiger partial charge in [-0.3, -0.25) is 5.01 Å². The van der Waals surface area contributed by atoms with Gasteiger partial charge in [-0.05, 0) is 32.8 Å². The maximum absolute atomic E-state index is 12.5. The monoisotopic (exact) mass is 365 g/mol. The molecule has 7 nitrogen and oxygen atoms in total. The smallest absolute Gasteiger partial charge is 0.340 e. The maximum atomic E-state index is 12.5. The van der Waals surface area contributed by atoms with Crippen molar-refractivity contribution in [2.75, 3.05) is 26.4 Å². The van der Waals surface area contributed by atoms with E-state index in [1.165, 1.54) is 5.01 Å². The summed E-state index contributed by atoms with van der Waals surface area (Å²) in [5, 5.41) is 13.8. The zero-order valence-corrected chi connectivity index (χ0v) is 16.0. The van der Waals surface area contributed by atoms with E-state index in [0.29, 0.717) is 12.2 Å². The third-order valence-electron chi connectivity index (χ3n) is 4.15. The molecule has 146 valence electrons. The van der Waals surface area contributed by atoms with Gasteiger partial charge in [-0.25, -0.2) is 10.6 Å². The van der Waals surface area contributed by atoms with Crippen LogP contribution in [0.2, 0.25) is 0 Å². The lowest BCUT2D eigenvalue weighted by molar-refractivity contribution is -0.139. The molecule has 7 heteroatoms. The summed E-state index contributed by atoms with van der Waals surface area (Å²) in [7, 11) is 0. The molecular weight excluding hydrogens is 334 g/mol. The summed E-state index contributed by atoms with van der Waals surface area (Å²) < 4.78 is 10.5. The van der Waals surface area contributed by atoms with Crippen molar-refractivity contribution in [3.63, 3.8) is 0 Å². The Labute approximate surface area is 155 Å². The van der Waals surface area contributed by atoms with Crippen LogP contribution in [0.25, 0.3) is 0 Å². The fourth-order valence-electron chi connectivity index (χ4n) is 2.76. The fourth-order valence-corrected chi connectivity index (χ4v) is 2.76. The number of esters is 1. The van der Waals surface area contributed by atoms with Crippen molar-refractivity contribution in [1.82, 2.24) is 10.3 Å². The second kappa shape index (κ2) is 10.2. The molecule has 1 fully saturated rings. The summed E-state index contributed by atoms with van der Waals surface area (Å²) in [5.41, 5.74) is 0.796. The first-order valence-electron chi connectivity index (χ1n) is 8.67. The predicted octanol–water partition coefficient (Wildman–Crippen LogP) is 1.38. The van der Waals surface area contributed by atoms with Crippen LogP contribution in [0, 0.1) is 0 Å². The first kappa shape index (κ1) is 22.0. The van der Waals surface area contributed by atoms with Gasteiger partial charge in [-0.15, -0.1) is 0 Å². The van der Waals surface area contributed by atoms with Crippen LogP contribution in [0.5, 0.6) is 0 Å². The van der Waals surface area contributed by atoms with E-state index < -0.39 is 11.5 Å². The summed E-state index contributed by atoms with van der Waals surface area (Å²) >= 11 is 0. The first-order chi connectivity index (χ1) is 12.3. The van der Waals surface area contributed by atoms with Crippen molar-refractivity contribution in [2.24, 2.45) is 5.84 Å². The quantitative estimate of drug-likeness (QED) is 0.187. The number of nitrogens with one attached hydrogen (secondary N) is 1. The van der Waals surface area contributed by atoms with E-state index in [2.05, 4.69) is 18.5 Å². The van der Waals surface area contributed by atoms with E-state index in [4.69, 9.17) is 20.4 Å². The molecule has 1 atom stereocenters. The second-order valence-electron chi connectivity index (χ2n) is 6.51. The minimum atomic E-state index is -0.507. The number of aliphatic hydroxyl groups excluding tert-OH is 1. The molecule has 0 aromatic heterocycles. The normalized spacial score (nSPS) is 21.7. The van der Waals surface area contributed by atoms with Gasteiger partial charge >= 0.3 is 5.97 Å². The highest BCUT2D eigenvalue weighted by atomic mass is 16.5. The van der Waals surface area contributed by atoms with Crippen molar-refractivity contribution >= 4 is 5.97 Å². The van der Waals surface area contributed by atoms with Crippen LogP contribution in [-0.2, 0) is 14.3 Å². The molecule has 26 heavy (non-hydrogen) atoms. The summed E-state index contributed by atoms with van der Waals surface area (Å²) in [6.45, 7) is 13.5. The molecule has 1 unspecified atom stereocenters. The second-order valence-corrected chi connectivity index (χ2v) is 6.51. The molecule has 0 radical (unpaired) electrons. The average molecular weight is 365 g/mol. The minimum absolute atomic E-state index is 0.0210. The average Bonchev–Trinajstić information content (AvgIpc) is 2.59. The number of hydrogen-bond donors (Lipinski definition) is 3. The van der Waals surface area contributed by atoms with Gasteiger partial charge in [-0.1, -0.05) is 31.4 Å². The molecule has 0 aliphatic carbocycles. The zero-order chi connectivity index (χ0) is 19.7. The molecule has 1 rings (SSSR count). The molecule has 0 saturated carbocycles. The Morgan fingerprint density at radius 1 is 1.50 bits per heavy atom. The van der Waals surface area contributed by atoms with Crippen molar-refractivity contribution in [2.45, 2.75) is 38.8 Å². The van der Waals surface area contributed by atoms with Crippen LogP contribution in [0.3, 0.4) is 0 Å². The molecule has 0 aromatic rings. The summed E-state index contributed by atoms with van der Waals surface area (Å²) in [4.78, 5) is 12.5. The van der Waals surface area contributed by atoms with Crippen LogP contribution in [0.1, 0.15) is 27.2 Å². The Morgan fingerprint density at radius 2 is 2.19 bits per heavy atom. The fraction of sp³-hybridized carbons (Fsp3) is 0.526. The van der Waals surface area contributed by atoms with Crippen molar-refractivity contribution < 1.29 is 19.4 Å². The number of rotatable bonds is 9. The topological polar surface area (TPSA) is 97.0 Å². The number of carbonyl (C=O) groups excluding carboxylic acids is 1. The number of carbonyl (C=O) groups is 1. The Balaban J connectivity index is 3.34. The number of aliphatic hydroxyl groups is 1. The lowest BCUT2D eigenvalue weighted by Gasteiger charge is -2.47. The Hall–Kier alpha value is -2.09. The first-order valence-corrected chi connectivity index (χ1v) is 8.67. The lowest BCUT2D eigenvalue weighted by Crippen LogP contribution is -2.61. The van der Waals surface area contributed by atoms with Gasteiger partial charge in [0.25, 0.3) is 0 Å². The largest absolute Gasteiger partial charge is 0.462 e. The number of nitrogens with two attached hydrogens (primary N) is 1. The molecule has 0 bridgehead atoms. The van der Waals surface area contributed by atoms with Gasteiger partial charge < -0.3 is 19.9 Å². The Bertz CT molecular complexity index is 581. The van der Waals surface area contributed by atoms with E-state index in [1.54, 1.807) is 19.1 Å². The number of nitrogens with zero attached hydrogens (tertiary/aromatic N) is 1. The van der Waals surface area contributed by atoms with Gasteiger partial charge in [0.2, 0.25) is 0 Å². The van der Waals surface area contributed by atoms with Crippen molar-refractivity contribution in [3.8, 4) is 0 Å². The molecule has 0 spiro atoms. The van der Waals surface area contributed by atoms with Crippen LogP contribution >= 0.6 is 0 Å². The standard InChI is InChI=1S/C19H31N3O4/c1-6-9-14(7-2)16-12-19(4,5)22(20)17(21-16)15(13-25-11-10-23)18(24)26-8-3/h6-7,9,16,21,23H,1-2,8,10-13,20H2,3-5H3/b14-9+,17-15+. The van der Waals surface area contributed by atoms with Gasteiger partial charge in [0.1, 0.15) is 11.4 Å². The number of ether oxygens (including phenoxy) is 2. The summed E-state index contributed by atoms with van der Waals surface area (Å²) in [5.74, 6) is 6.25. The van der Waals surface area contributed by atoms with Crippen LogP contribution in [0.4, 0.5) is 0 Å². The predicted molar refractivity (Wildman–Crippen MR) is 102 cm³/mol. The Kier molecular flexibility index (Phi) is 8.57. The summed E-state index contributed by atoms with van der Waals surface area (Å²) in [6, 6.07) is -0.0995. The number of allylic oxidation sites excluding steroid dienone is 2. The molecule has 1 aliphatic rings. The van der Waals surface area contributed by atoms with Crippen LogP contribution < -0.4 is 11.2 Å². The lowest BCUT2D eigenvalue weighted by atomic mass is 9.87. The zero-order valence-electron chi connectivity index (χ0n) is 16.0. The van der Waals surface area contributed by atoms with Gasteiger partial charge in [-0.2, -0.15) is 0 Å². The molecule has 0 amide bonds. The van der Waals surface area contributed by atoms with Crippen molar-refractivity contribution in [3.05, 3.63) is 48.4 Å². The highest BCUT2D eigenvalue weighted by Crippen LogP contribution is 2.31. The van der Waals surface area contributed by atoms with Gasteiger partial charge in [0.05, 0.1) is 38.0 Å². The number of hydrogen-bond acceptors (Lipinski definition) is 7.